The van der Waals surface area contributed by atoms with Crippen LogP contribution >= 0.6 is 23.2 Å². The highest BCUT2D eigenvalue weighted by molar-refractivity contribution is 6.18. The molecule has 2 amide bonds. The van der Waals surface area contributed by atoms with E-state index in [1.54, 1.807) is 61.0 Å². The average Bonchev–Trinajstić information content (AvgIpc) is 3.35. The van der Waals surface area contributed by atoms with E-state index in [0.29, 0.717) is 86.6 Å². The number of benzene rings is 3. The molecule has 1 heterocycles. The summed E-state index contributed by atoms with van der Waals surface area (Å²) < 4.78 is 56.8. The molecule has 68 heavy (non-hydrogen) atoms. The summed E-state index contributed by atoms with van der Waals surface area (Å²) in [5.41, 5.74) is 2.18. The van der Waals surface area contributed by atoms with Gasteiger partial charge in [-0.05, 0) is 37.1 Å². The van der Waals surface area contributed by atoms with Gasteiger partial charge in [0.2, 0.25) is 0 Å². The normalized spacial score (nSPS) is 20.6. The zero-order valence-corrected chi connectivity index (χ0v) is 39.9. The molecule has 2 atom stereocenters. The Labute approximate surface area is 407 Å². The summed E-state index contributed by atoms with van der Waals surface area (Å²) >= 11 is 12.4. The summed E-state index contributed by atoms with van der Waals surface area (Å²) in [6.45, 7) is 3.96. The molecule has 0 radical (unpaired) electrons. The van der Waals surface area contributed by atoms with E-state index in [2.05, 4.69) is 10.6 Å². The van der Waals surface area contributed by atoms with Crippen molar-refractivity contribution < 1.29 is 67.2 Å². The molecule has 4 bridgehead atoms. The molecule has 2 unspecified atom stereocenters. The zero-order chi connectivity index (χ0) is 48.0. The maximum Gasteiger partial charge on any atom is 0.258 e. The van der Waals surface area contributed by atoms with Crippen LogP contribution in [0.4, 0.5) is 0 Å². The van der Waals surface area contributed by atoms with E-state index in [-0.39, 0.29) is 113 Å². The van der Waals surface area contributed by atoms with Gasteiger partial charge in [-0.25, -0.2) is 0 Å². The number of aromatic hydroxyl groups is 2. The van der Waals surface area contributed by atoms with Crippen LogP contribution in [0.1, 0.15) is 47.9 Å². The highest BCUT2D eigenvalue weighted by atomic mass is 35.5. The van der Waals surface area contributed by atoms with Crippen molar-refractivity contribution in [3.63, 3.8) is 0 Å². The average molecular weight is 992 g/mol. The van der Waals surface area contributed by atoms with Crippen molar-refractivity contribution in [2.75, 3.05) is 119 Å². The topological polar surface area (TPSA) is 216 Å². The quantitative estimate of drug-likeness (QED) is 0.249. The minimum absolute atomic E-state index is 0.0122. The maximum atomic E-state index is 12.6. The molecule has 3 aromatic rings. The van der Waals surface area contributed by atoms with Crippen LogP contribution in [0.25, 0.3) is 0 Å². The fourth-order valence-corrected chi connectivity index (χ4v) is 7.31. The SMILES string of the molecule is O=C1COc2c(CCl)ccc(CCl)c2OCC(=O)NCCOCCOCCOCCOc2cccc(c2O)C=NC2CCCCC2N=Cc2cccc(c2O)OCCOCCOCCOCCN1. The van der Waals surface area contributed by atoms with Gasteiger partial charge in [0.15, 0.2) is 47.7 Å². The lowest BCUT2D eigenvalue weighted by molar-refractivity contribution is -0.124. The van der Waals surface area contributed by atoms with E-state index in [1.807, 2.05) is 0 Å². The number of fused-ring (bicyclic) bond motifs is 6. The Morgan fingerprint density at radius 3 is 1.25 bits per heavy atom. The lowest BCUT2D eigenvalue weighted by atomic mass is 9.91. The number of para-hydroxylation sites is 2. The van der Waals surface area contributed by atoms with Crippen molar-refractivity contribution in [3.05, 3.63) is 70.8 Å². The second kappa shape index (κ2) is 32.0. The first-order chi connectivity index (χ1) is 33.4. The van der Waals surface area contributed by atoms with Gasteiger partial charge in [-0.1, -0.05) is 37.1 Å². The number of nitrogens with zero attached hydrogens (tertiary/aromatic N) is 2. The highest BCUT2D eigenvalue weighted by Crippen LogP contribution is 2.37. The monoisotopic (exact) mass is 990 g/mol. The number of carbonyl (C=O) groups is 2. The molecule has 20 heteroatoms. The molecule has 2 aliphatic rings. The Morgan fingerprint density at radius 2 is 0.868 bits per heavy atom. The number of phenolic OH excluding ortho intramolecular Hbond substituents is 2. The Morgan fingerprint density at radius 1 is 0.500 bits per heavy atom. The predicted octanol–water partition coefficient (Wildman–Crippen LogP) is 4.99. The molecular weight excluding hydrogens is 927 g/mol. The standard InChI is InChI=1S/C48H64Cl2N4O14/c49-29-35-11-12-36(30-50)48-47(35)67-33-43(55)51-13-15-59-17-19-61-21-23-63-25-27-65-41-9-3-5-37(45(41)57)31-53-39-7-1-2-8-40(39)54-32-38-6-4-10-42(46(38)58)66-28-26-64-24-22-62-20-18-60-16-14-52-44(56)34-68-48/h3-6,9-12,31-32,39-40,57-58H,1-2,7-8,13-30,33-34H2,(H,51,55)(H,52,56). The number of rotatable bonds is 2. The van der Waals surface area contributed by atoms with Crippen LogP contribution in [-0.4, -0.2) is 165 Å². The van der Waals surface area contributed by atoms with Gasteiger partial charge in [0.25, 0.3) is 11.8 Å². The molecule has 1 aliphatic heterocycles. The fourth-order valence-electron chi connectivity index (χ4n) is 6.89. The molecule has 0 aromatic heterocycles. The van der Waals surface area contributed by atoms with Crippen molar-refractivity contribution in [1.29, 1.82) is 0 Å². The fraction of sp³-hybridized carbons (Fsp3) is 0.542. The van der Waals surface area contributed by atoms with Crippen LogP contribution in [0.2, 0.25) is 0 Å². The number of amides is 2. The molecule has 1 aliphatic carbocycles. The van der Waals surface area contributed by atoms with E-state index in [9.17, 15) is 19.8 Å². The zero-order valence-electron chi connectivity index (χ0n) is 38.3. The van der Waals surface area contributed by atoms with Crippen molar-refractivity contribution in [3.8, 4) is 34.5 Å². The molecule has 1 fully saturated rings. The van der Waals surface area contributed by atoms with Gasteiger partial charge in [-0.2, -0.15) is 0 Å². The summed E-state index contributed by atoms with van der Waals surface area (Å²) in [7, 11) is 0. The Kier molecular flexibility index (Phi) is 25.4. The lowest BCUT2D eigenvalue weighted by Gasteiger charge is -2.25. The maximum absolute atomic E-state index is 12.6. The first-order valence-electron chi connectivity index (χ1n) is 22.9. The molecule has 5 rings (SSSR count). The first kappa shape index (κ1) is 54.0. The van der Waals surface area contributed by atoms with E-state index in [4.69, 9.17) is 80.6 Å². The molecule has 374 valence electrons. The van der Waals surface area contributed by atoms with Gasteiger partial charge in [0.1, 0.15) is 13.2 Å². The molecule has 4 N–H and O–H groups in total. The molecule has 3 aromatic carbocycles. The van der Waals surface area contributed by atoms with Gasteiger partial charge < -0.3 is 68.2 Å². The summed E-state index contributed by atoms with van der Waals surface area (Å²) in [5.74, 6) is 0.406. The largest absolute Gasteiger partial charge is 0.504 e. The third-order valence-corrected chi connectivity index (χ3v) is 11.0. The van der Waals surface area contributed by atoms with Crippen molar-refractivity contribution in [2.45, 2.75) is 49.5 Å². The number of alkyl halides is 2. The van der Waals surface area contributed by atoms with Crippen LogP contribution in [0.15, 0.2) is 58.5 Å². The van der Waals surface area contributed by atoms with Crippen LogP contribution in [0, 0.1) is 0 Å². The van der Waals surface area contributed by atoms with Crippen molar-refractivity contribution in [1.82, 2.24) is 10.6 Å². The van der Waals surface area contributed by atoms with Gasteiger partial charge >= 0.3 is 0 Å². The number of hydrogen-bond donors (Lipinski definition) is 4. The van der Waals surface area contributed by atoms with E-state index >= 15 is 0 Å². The van der Waals surface area contributed by atoms with Gasteiger partial charge in [0, 0.05) is 47.8 Å². The van der Waals surface area contributed by atoms with Crippen LogP contribution in [-0.2, 0) is 49.8 Å². The van der Waals surface area contributed by atoms with Crippen LogP contribution in [0.5, 0.6) is 34.5 Å². The minimum Gasteiger partial charge on any atom is -0.504 e. The van der Waals surface area contributed by atoms with Gasteiger partial charge in [-0.15, -0.1) is 23.2 Å². The summed E-state index contributed by atoms with van der Waals surface area (Å²) in [4.78, 5) is 34.9. The van der Waals surface area contributed by atoms with Gasteiger partial charge in [-0.3, -0.25) is 19.6 Å². The number of ether oxygens (including phenoxy) is 10. The highest BCUT2D eigenvalue weighted by Gasteiger charge is 2.24. The number of hydrogen-bond acceptors (Lipinski definition) is 16. The number of aliphatic imine (C=N–C) groups is 2. The number of nitrogens with one attached hydrogen (secondary N) is 2. The third kappa shape index (κ3) is 19.2. The lowest BCUT2D eigenvalue weighted by Crippen LogP contribution is -2.33. The number of phenols is 2. The van der Waals surface area contributed by atoms with E-state index < -0.39 is 11.8 Å². The summed E-state index contributed by atoms with van der Waals surface area (Å²) in [5, 5.41) is 27.4. The second-order valence-corrected chi connectivity index (χ2v) is 15.9. The molecule has 18 nitrogen and oxygen atoms in total. The molecule has 0 spiro atoms. The molecular formula is C48H64Cl2N4O14. The van der Waals surface area contributed by atoms with Crippen LogP contribution < -0.4 is 29.6 Å². The minimum atomic E-state index is -0.397. The number of carbonyl (C=O) groups excluding carboxylic acids is 2. The molecule has 1 saturated carbocycles. The molecule has 0 saturated heterocycles. The Hall–Kier alpha value is -4.92. The third-order valence-electron chi connectivity index (χ3n) is 10.4. The first-order valence-corrected chi connectivity index (χ1v) is 23.9. The second-order valence-electron chi connectivity index (χ2n) is 15.3. The van der Waals surface area contributed by atoms with Crippen molar-refractivity contribution >= 4 is 47.4 Å². The summed E-state index contributed by atoms with van der Waals surface area (Å²) in [6, 6.07) is 13.8. The number of halogens is 2. The Bertz CT molecular complexity index is 1890. The van der Waals surface area contributed by atoms with Crippen molar-refractivity contribution in [2.24, 2.45) is 9.98 Å². The van der Waals surface area contributed by atoms with E-state index in [0.717, 1.165) is 25.7 Å². The van der Waals surface area contributed by atoms with Gasteiger partial charge in [0.05, 0.1) is 103 Å². The predicted molar refractivity (Wildman–Crippen MR) is 256 cm³/mol. The van der Waals surface area contributed by atoms with E-state index in [1.165, 1.54) is 0 Å². The van der Waals surface area contributed by atoms with Crippen LogP contribution in [0.3, 0.4) is 0 Å². The smallest absolute Gasteiger partial charge is 0.258 e. The summed E-state index contributed by atoms with van der Waals surface area (Å²) in [6.07, 6.45) is 7.04. The Balaban J connectivity index is 1.11.